The number of oxime groups is 1. The summed E-state index contributed by atoms with van der Waals surface area (Å²) in [5.74, 6) is 0.377. The topological polar surface area (TPSA) is 63.7 Å². The molecule has 0 bridgehead atoms. The van der Waals surface area contributed by atoms with Gasteiger partial charge < -0.3 is 10.6 Å². The minimum absolute atomic E-state index is 0.377. The number of hydrogen-bond acceptors (Lipinski definition) is 4. The van der Waals surface area contributed by atoms with E-state index in [0.29, 0.717) is 12.4 Å². The third-order valence-corrected chi connectivity index (χ3v) is 3.07. The maximum Gasteiger partial charge on any atom is 0.171 e. The molecular weight excluding hydrogens is 228 g/mol. The van der Waals surface area contributed by atoms with Gasteiger partial charge in [0.25, 0.3) is 0 Å². The Labute approximate surface area is 108 Å². The van der Waals surface area contributed by atoms with Gasteiger partial charge in [-0.15, -0.1) is 0 Å². The van der Waals surface area contributed by atoms with E-state index < -0.39 is 0 Å². The van der Waals surface area contributed by atoms with Crippen molar-refractivity contribution in [2.24, 2.45) is 10.9 Å². The van der Waals surface area contributed by atoms with Gasteiger partial charge in [0.05, 0.1) is 0 Å². The summed E-state index contributed by atoms with van der Waals surface area (Å²) >= 11 is 0. The van der Waals surface area contributed by atoms with E-state index in [1.54, 1.807) is 12.4 Å². The molecule has 2 rings (SSSR count). The van der Waals surface area contributed by atoms with E-state index in [1.165, 1.54) is 32.4 Å². The fraction of sp³-hybridized carbons (Fsp3) is 0.538. The van der Waals surface area contributed by atoms with Crippen LogP contribution >= 0.6 is 0 Å². The minimum Gasteiger partial charge on any atom is -0.393 e. The van der Waals surface area contributed by atoms with Crippen LogP contribution in [0.5, 0.6) is 0 Å². The van der Waals surface area contributed by atoms with E-state index in [1.807, 2.05) is 12.1 Å². The quantitative estimate of drug-likeness (QED) is 0.368. The first-order valence-corrected chi connectivity index (χ1v) is 6.44. The van der Waals surface area contributed by atoms with Crippen molar-refractivity contribution >= 4 is 5.84 Å². The molecule has 5 nitrogen and oxygen atoms in total. The zero-order chi connectivity index (χ0) is 12.6. The highest BCUT2D eigenvalue weighted by atomic mass is 16.6. The Balaban J connectivity index is 1.70. The molecule has 1 aromatic heterocycles. The number of piperidine rings is 1. The molecule has 98 valence electrons. The molecule has 0 amide bonds. The van der Waals surface area contributed by atoms with Crippen molar-refractivity contribution < 1.29 is 4.84 Å². The Bertz CT molecular complexity index is 374. The number of amidine groups is 1. The fourth-order valence-electron chi connectivity index (χ4n) is 2.04. The number of aromatic nitrogens is 1. The second kappa shape index (κ2) is 6.96. The first-order valence-electron chi connectivity index (χ1n) is 6.44. The van der Waals surface area contributed by atoms with E-state index in [9.17, 15) is 0 Å². The van der Waals surface area contributed by atoms with Crippen LogP contribution in [-0.2, 0) is 4.84 Å². The van der Waals surface area contributed by atoms with Gasteiger partial charge in [-0.2, -0.15) is 0 Å². The summed E-state index contributed by atoms with van der Waals surface area (Å²) in [6.45, 7) is 3.85. The van der Waals surface area contributed by atoms with Crippen molar-refractivity contribution in [3.8, 4) is 0 Å². The molecule has 18 heavy (non-hydrogen) atoms. The summed E-state index contributed by atoms with van der Waals surface area (Å²) in [4.78, 5) is 11.6. The standard InChI is InChI=1S/C13H20N4O/c14-13(12-5-4-6-15-11-12)16-18-10-9-17-7-2-1-3-8-17/h4-6,11H,1-3,7-10H2,(H2,14,16). The molecule has 0 aromatic carbocycles. The van der Waals surface area contributed by atoms with Crippen LogP contribution in [0.1, 0.15) is 24.8 Å². The van der Waals surface area contributed by atoms with Crippen molar-refractivity contribution in [2.45, 2.75) is 19.3 Å². The number of rotatable bonds is 5. The number of pyridine rings is 1. The smallest absolute Gasteiger partial charge is 0.171 e. The van der Waals surface area contributed by atoms with Crippen LogP contribution in [-0.4, -0.2) is 42.0 Å². The molecule has 0 spiro atoms. The van der Waals surface area contributed by atoms with Crippen molar-refractivity contribution in [3.05, 3.63) is 30.1 Å². The highest BCUT2D eigenvalue weighted by Gasteiger charge is 2.09. The SMILES string of the molecule is NC(=NOCCN1CCCCC1)c1cccnc1. The predicted molar refractivity (Wildman–Crippen MR) is 71.2 cm³/mol. The van der Waals surface area contributed by atoms with Crippen molar-refractivity contribution in [3.63, 3.8) is 0 Å². The normalized spacial score (nSPS) is 17.7. The summed E-state index contributed by atoms with van der Waals surface area (Å²) < 4.78 is 0. The average molecular weight is 248 g/mol. The van der Waals surface area contributed by atoms with Crippen LogP contribution in [0.3, 0.4) is 0 Å². The summed E-state index contributed by atoms with van der Waals surface area (Å²) in [5.41, 5.74) is 6.57. The van der Waals surface area contributed by atoms with Crippen LogP contribution in [0, 0.1) is 0 Å². The summed E-state index contributed by atoms with van der Waals surface area (Å²) in [6.07, 6.45) is 7.31. The van der Waals surface area contributed by atoms with Crippen molar-refractivity contribution in [2.75, 3.05) is 26.2 Å². The lowest BCUT2D eigenvalue weighted by molar-refractivity contribution is 0.102. The van der Waals surface area contributed by atoms with Gasteiger partial charge in [-0.25, -0.2) is 0 Å². The summed E-state index contributed by atoms with van der Waals surface area (Å²) in [7, 11) is 0. The fourth-order valence-corrected chi connectivity index (χ4v) is 2.04. The molecule has 2 heterocycles. The minimum atomic E-state index is 0.377. The van der Waals surface area contributed by atoms with Crippen LogP contribution in [0.25, 0.3) is 0 Å². The lowest BCUT2D eigenvalue weighted by Crippen LogP contribution is -2.32. The maximum absolute atomic E-state index is 5.79. The Morgan fingerprint density at radius 2 is 2.22 bits per heavy atom. The average Bonchev–Trinajstić information content (AvgIpc) is 2.45. The number of hydrogen-bond donors (Lipinski definition) is 1. The van der Waals surface area contributed by atoms with Crippen molar-refractivity contribution in [1.82, 2.24) is 9.88 Å². The Kier molecular flexibility index (Phi) is 4.96. The highest BCUT2D eigenvalue weighted by Crippen LogP contribution is 2.07. The van der Waals surface area contributed by atoms with Crippen molar-refractivity contribution in [1.29, 1.82) is 0 Å². The lowest BCUT2D eigenvalue weighted by Gasteiger charge is -2.25. The van der Waals surface area contributed by atoms with Crippen LogP contribution < -0.4 is 5.73 Å². The van der Waals surface area contributed by atoms with Crippen LogP contribution in [0.4, 0.5) is 0 Å². The van der Waals surface area contributed by atoms with Gasteiger partial charge in [0.15, 0.2) is 5.84 Å². The van der Waals surface area contributed by atoms with E-state index >= 15 is 0 Å². The van der Waals surface area contributed by atoms with Gasteiger partial charge >= 0.3 is 0 Å². The molecule has 1 fully saturated rings. The third kappa shape index (κ3) is 4.00. The highest BCUT2D eigenvalue weighted by molar-refractivity contribution is 5.96. The molecule has 2 N–H and O–H groups in total. The third-order valence-electron chi connectivity index (χ3n) is 3.07. The first-order chi connectivity index (χ1) is 8.86. The van der Waals surface area contributed by atoms with Gasteiger partial charge in [0.2, 0.25) is 0 Å². The molecule has 0 atom stereocenters. The van der Waals surface area contributed by atoms with E-state index in [2.05, 4.69) is 15.0 Å². The van der Waals surface area contributed by atoms with Gasteiger partial charge in [0, 0.05) is 24.5 Å². The zero-order valence-electron chi connectivity index (χ0n) is 10.6. The first kappa shape index (κ1) is 12.8. The molecule has 1 aliphatic rings. The second-order valence-corrected chi connectivity index (χ2v) is 4.45. The Hall–Kier alpha value is -1.62. The van der Waals surface area contributed by atoms with E-state index in [0.717, 1.165) is 12.1 Å². The molecule has 0 radical (unpaired) electrons. The van der Waals surface area contributed by atoms with Crippen LogP contribution in [0.2, 0.25) is 0 Å². The lowest BCUT2D eigenvalue weighted by atomic mass is 10.1. The molecule has 5 heteroatoms. The molecule has 0 aliphatic carbocycles. The zero-order valence-corrected chi connectivity index (χ0v) is 10.6. The number of nitrogens with zero attached hydrogens (tertiary/aromatic N) is 3. The van der Waals surface area contributed by atoms with Crippen LogP contribution in [0.15, 0.2) is 29.7 Å². The van der Waals surface area contributed by atoms with Gasteiger partial charge in [-0.1, -0.05) is 11.6 Å². The Morgan fingerprint density at radius 3 is 2.94 bits per heavy atom. The van der Waals surface area contributed by atoms with E-state index in [-0.39, 0.29) is 0 Å². The molecule has 1 saturated heterocycles. The number of nitrogens with two attached hydrogens (primary N) is 1. The maximum atomic E-state index is 5.79. The monoisotopic (exact) mass is 248 g/mol. The molecule has 1 aromatic rings. The molecule has 1 aliphatic heterocycles. The van der Waals surface area contributed by atoms with E-state index in [4.69, 9.17) is 10.6 Å². The second-order valence-electron chi connectivity index (χ2n) is 4.45. The predicted octanol–water partition coefficient (Wildman–Crippen LogP) is 1.20. The van der Waals surface area contributed by atoms with Gasteiger partial charge in [0.1, 0.15) is 6.61 Å². The van der Waals surface area contributed by atoms with Gasteiger partial charge in [-0.3, -0.25) is 9.88 Å². The molecule has 0 saturated carbocycles. The molecular formula is C13H20N4O. The summed E-state index contributed by atoms with van der Waals surface area (Å²) in [5, 5.41) is 3.91. The largest absolute Gasteiger partial charge is 0.393 e. The molecule has 0 unspecified atom stereocenters. The number of likely N-dealkylation sites (tertiary alicyclic amines) is 1. The van der Waals surface area contributed by atoms with Gasteiger partial charge in [-0.05, 0) is 38.1 Å². The summed E-state index contributed by atoms with van der Waals surface area (Å²) in [6, 6.07) is 3.69. The Morgan fingerprint density at radius 1 is 1.39 bits per heavy atom.